The summed E-state index contributed by atoms with van der Waals surface area (Å²) in [7, 11) is 1.62. The van der Waals surface area contributed by atoms with Gasteiger partial charge < -0.3 is 9.64 Å². The number of para-hydroxylation sites is 1. The van der Waals surface area contributed by atoms with Crippen molar-refractivity contribution in [1.82, 2.24) is 14.5 Å². The van der Waals surface area contributed by atoms with Gasteiger partial charge in [0, 0.05) is 12.1 Å². The van der Waals surface area contributed by atoms with Gasteiger partial charge in [-0.2, -0.15) is 0 Å². The molecule has 6 nitrogen and oxygen atoms in total. The first-order valence-electron chi connectivity index (χ1n) is 14.1. The summed E-state index contributed by atoms with van der Waals surface area (Å²) in [5, 5.41) is 0.543. The molecule has 1 unspecified atom stereocenters. The fourth-order valence-electron chi connectivity index (χ4n) is 4.98. The summed E-state index contributed by atoms with van der Waals surface area (Å²) in [6.07, 6.45) is 5.70. The lowest BCUT2D eigenvalue weighted by molar-refractivity contribution is 0.0656. The van der Waals surface area contributed by atoms with E-state index in [0.29, 0.717) is 46.7 Å². The topological polar surface area (TPSA) is 64.4 Å². The van der Waals surface area contributed by atoms with Crippen LogP contribution in [0, 0.1) is 0 Å². The van der Waals surface area contributed by atoms with Crippen LogP contribution in [0.25, 0.3) is 16.6 Å². The van der Waals surface area contributed by atoms with E-state index in [9.17, 15) is 9.59 Å². The van der Waals surface area contributed by atoms with E-state index < -0.39 is 0 Å². The van der Waals surface area contributed by atoms with Gasteiger partial charge in [-0.05, 0) is 79.8 Å². The molecule has 0 bridgehead atoms. The molecule has 4 aromatic rings. The first kappa shape index (κ1) is 28.1. The SMILES string of the molecule is CCCCc1ccc(C(=O)N(CCCC)C(CC)c2nc3ccccc3c(=O)n2-c2ccc(OC)cc2)cc1. The molecule has 1 heterocycles. The van der Waals surface area contributed by atoms with E-state index in [4.69, 9.17) is 9.72 Å². The highest BCUT2D eigenvalue weighted by Crippen LogP contribution is 2.28. The van der Waals surface area contributed by atoms with Crippen LogP contribution in [0.4, 0.5) is 0 Å². The van der Waals surface area contributed by atoms with Gasteiger partial charge in [0.1, 0.15) is 11.6 Å². The molecule has 1 aromatic heterocycles. The van der Waals surface area contributed by atoms with Crippen molar-refractivity contribution in [3.63, 3.8) is 0 Å². The smallest absolute Gasteiger partial charge is 0.266 e. The molecule has 0 fully saturated rings. The Bertz CT molecular complexity index is 1440. The van der Waals surface area contributed by atoms with E-state index in [2.05, 4.69) is 26.0 Å². The molecular weight excluding hydrogens is 486 g/mol. The van der Waals surface area contributed by atoms with Gasteiger partial charge in [-0.15, -0.1) is 0 Å². The van der Waals surface area contributed by atoms with Gasteiger partial charge in [0.2, 0.25) is 0 Å². The summed E-state index contributed by atoms with van der Waals surface area (Å²) < 4.78 is 7.00. The van der Waals surface area contributed by atoms with Gasteiger partial charge >= 0.3 is 0 Å². The van der Waals surface area contributed by atoms with E-state index >= 15 is 0 Å². The van der Waals surface area contributed by atoms with E-state index in [1.54, 1.807) is 17.7 Å². The maximum atomic E-state index is 14.0. The summed E-state index contributed by atoms with van der Waals surface area (Å²) in [6.45, 7) is 6.93. The predicted molar refractivity (Wildman–Crippen MR) is 158 cm³/mol. The van der Waals surface area contributed by atoms with Crippen molar-refractivity contribution in [1.29, 1.82) is 0 Å². The van der Waals surface area contributed by atoms with Gasteiger partial charge in [0.15, 0.2) is 0 Å². The molecule has 3 aromatic carbocycles. The number of carbonyl (C=O) groups excluding carboxylic acids is 1. The summed E-state index contributed by atoms with van der Waals surface area (Å²) in [5.74, 6) is 1.23. The average Bonchev–Trinajstić information content (AvgIpc) is 2.98. The number of carbonyl (C=O) groups is 1. The number of nitrogens with zero attached hydrogens (tertiary/aromatic N) is 3. The number of aromatic nitrogens is 2. The summed E-state index contributed by atoms with van der Waals surface area (Å²) in [5.41, 5.74) is 3.07. The third kappa shape index (κ3) is 6.22. The van der Waals surface area contributed by atoms with E-state index in [-0.39, 0.29) is 17.5 Å². The number of benzene rings is 3. The Morgan fingerprint density at radius 3 is 2.26 bits per heavy atom. The molecule has 39 heavy (non-hydrogen) atoms. The van der Waals surface area contributed by atoms with Crippen LogP contribution in [0.2, 0.25) is 0 Å². The minimum absolute atomic E-state index is 0.0407. The monoisotopic (exact) mass is 525 g/mol. The molecule has 0 aliphatic heterocycles. The fraction of sp³-hybridized carbons (Fsp3) is 0.364. The molecular formula is C33H39N3O3. The van der Waals surface area contributed by atoms with Crippen molar-refractivity contribution >= 4 is 16.8 Å². The van der Waals surface area contributed by atoms with Gasteiger partial charge in [-0.25, -0.2) is 4.98 Å². The van der Waals surface area contributed by atoms with Crippen molar-refractivity contribution in [3.05, 3.63) is 100 Å². The summed E-state index contributed by atoms with van der Waals surface area (Å²) in [4.78, 5) is 34.9. The van der Waals surface area contributed by atoms with Crippen LogP contribution in [0.1, 0.15) is 80.7 Å². The number of aryl methyl sites for hydroxylation is 1. The number of hydrogen-bond donors (Lipinski definition) is 0. The zero-order chi connectivity index (χ0) is 27.8. The van der Waals surface area contributed by atoms with Crippen molar-refractivity contribution in [3.8, 4) is 11.4 Å². The van der Waals surface area contributed by atoms with Crippen LogP contribution in [0.3, 0.4) is 0 Å². The summed E-state index contributed by atoms with van der Waals surface area (Å²) in [6, 6.07) is 22.4. The first-order chi connectivity index (χ1) is 19.0. The summed E-state index contributed by atoms with van der Waals surface area (Å²) >= 11 is 0. The van der Waals surface area contributed by atoms with Crippen LogP contribution >= 0.6 is 0 Å². The Morgan fingerprint density at radius 1 is 0.923 bits per heavy atom. The lowest BCUT2D eigenvalue weighted by atomic mass is 10.0. The number of fused-ring (bicyclic) bond motifs is 1. The molecule has 0 aliphatic carbocycles. The minimum Gasteiger partial charge on any atom is -0.497 e. The molecule has 0 aliphatic rings. The Kier molecular flexibility index (Phi) is 9.53. The second kappa shape index (κ2) is 13.2. The molecule has 0 spiro atoms. The largest absolute Gasteiger partial charge is 0.497 e. The lowest BCUT2D eigenvalue weighted by Crippen LogP contribution is -2.39. The highest BCUT2D eigenvalue weighted by Gasteiger charge is 2.29. The highest BCUT2D eigenvalue weighted by atomic mass is 16.5. The molecule has 1 atom stereocenters. The van der Waals surface area contributed by atoms with Crippen molar-refractivity contribution in [2.75, 3.05) is 13.7 Å². The van der Waals surface area contributed by atoms with Crippen LogP contribution in [-0.4, -0.2) is 34.0 Å². The Hall–Kier alpha value is -3.93. The fourth-order valence-corrected chi connectivity index (χ4v) is 4.98. The molecule has 0 N–H and O–H groups in total. The maximum Gasteiger partial charge on any atom is 0.266 e. The van der Waals surface area contributed by atoms with Crippen molar-refractivity contribution < 1.29 is 9.53 Å². The second-order valence-corrected chi connectivity index (χ2v) is 9.90. The van der Waals surface area contributed by atoms with E-state index in [1.165, 1.54) is 5.56 Å². The van der Waals surface area contributed by atoms with Crippen molar-refractivity contribution in [2.45, 2.75) is 65.3 Å². The quantitative estimate of drug-likeness (QED) is 0.197. The predicted octanol–water partition coefficient (Wildman–Crippen LogP) is 7.13. The Balaban J connectivity index is 1.84. The molecule has 204 valence electrons. The van der Waals surface area contributed by atoms with Crippen LogP contribution < -0.4 is 10.3 Å². The second-order valence-electron chi connectivity index (χ2n) is 9.90. The van der Waals surface area contributed by atoms with Gasteiger partial charge in [0.05, 0.1) is 29.7 Å². The number of ether oxygens (including phenoxy) is 1. The number of methoxy groups -OCH3 is 1. The Morgan fingerprint density at radius 2 is 1.62 bits per heavy atom. The molecule has 0 radical (unpaired) electrons. The van der Waals surface area contributed by atoms with Crippen LogP contribution in [0.15, 0.2) is 77.6 Å². The number of rotatable bonds is 12. The number of unbranched alkanes of at least 4 members (excludes halogenated alkanes) is 2. The molecule has 0 saturated heterocycles. The zero-order valence-corrected chi connectivity index (χ0v) is 23.5. The third-order valence-corrected chi connectivity index (χ3v) is 7.23. The van der Waals surface area contributed by atoms with E-state index in [0.717, 1.165) is 32.1 Å². The van der Waals surface area contributed by atoms with Gasteiger partial charge in [-0.1, -0.05) is 57.9 Å². The number of amides is 1. The average molecular weight is 526 g/mol. The third-order valence-electron chi connectivity index (χ3n) is 7.23. The lowest BCUT2D eigenvalue weighted by Gasteiger charge is -2.32. The van der Waals surface area contributed by atoms with Crippen molar-refractivity contribution in [2.24, 2.45) is 0 Å². The minimum atomic E-state index is -0.386. The Labute approximate surface area is 231 Å². The molecule has 1 amide bonds. The maximum absolute atomic E-state index is 14.0. The van der Waals surface area contributed by atoms with Gasteiger partial charge in [-0.3, -0.25) is 14.2 Å². The van der Waals surface area contributed by atoms with Crippen LogP contribution in [-0.2, 0) is 6.42 Å². The first-order valence-corrected chi connectivity index (χ1v) is 14.1. The normalized spacial score (nSPS) is 11.9. The highest BCUT2D eigenvalue weighted by molar-refractivity contribution is 5.94. The molecule has 6 heteroatoms. The van der Waals surface area contributed by atoms with Crippen LogP contribution in [0.5, 0.6) is 5.75 Å². The molecule has 4 rings (SSSR count). The number of hydrogen-bond acceptors (Lipinski definition) is 4. The zero-order valence-electron chi connectivity index (χ0n) is 23.5. The molecule has 0 saturated carbocycles. The van der Waals surface area contributed by atoms with Gasteiger partial charge in [0.25, 0.3) is 11.5 Å². The van der Waals surface area contributed by atoms with E-state index in [1.807, 2.05) is 66.4 Å². The standard InChI is InChI=1S/C33H39N3O3/c1-5-8-12-24-15-17-25(18-16-24)32(37)35(23-9-6-2)30(7-3)31-34-29-14-11-10-13-28(29)33(38)36(31)26-19-21-27(39-4)22-20-26/h10-11,13-22,30H,5-9,12,23H2,1-4H3.